The summed E-state index contributed by atoms with van der Waals surface area (Å²) >= 11 is 0. The smallest absolute Gasteiger partial charge is 0.295 e. The minimum atomic E-state index is -0.316. The third-order valence-corrected chi connectivity index (χ3v) is 4.99. The Morgan fingerprint density at radius 3 is 2.52 bits per heavy atom. The monoisotopic (exact) mass is 388 g/mol. The second kappa shape index (κ2) is 7.51. The summed E-state index contributed by atoms with van der Waals surface area (Å²) in [5.74, 6) is 0.207. The molecule has 0 unspecified atom stereocenters. The normalized spacial score (nSPS) is 11.0. The van der Waals surface area contributed by atoms with Gasteiger partial charge in [-0.05, 0) is 67.8 Å². The fraction of sp³-hybridized carbons (Fsp3) is 0.167. The molecule has 4 nitrogen and oxygen atoms in total. The molecule has 0 bridgehead atoms. The van der Waals surface area contributed by atoms with Crippen molar-refractivity contribution in [1.29, 1.82) is 0 Å². The number of anilines is 1. The van der Waals surface area contributed by atoms with Crippen LogP contribution >= 0.6 is 0 Å². The fourth-order valence-corrected chi connectivity index (χ4v) is 3.54. The van der Waals surface area contributed by atoms with Crippen LogP contribution in [0, 0.1) is 26.6 Å². The zero-order valence-electron chi connectivity index (χ0n) is 16.6. The van der Waals surface area contributed by atoms with E-state index in [2.05, 4.69) is 4.98 Å². The summed E-state index contributed by atoms with van der Waals surface area (Å²) in [5.41, 5.74) is 4.43. The SMILES string of the molecule is Cc1cc(C)c2oc(C(=O)N(Cc3ccc(F)cc3)c3ccccn3)c(C)c2c1. The summed E-state index contributed by atoms with van der Waals surface area (Å²) in [5, 5.41) is 0.939. The minimum Gasteiger partial charge on any atom is -0.450 e. The lowest BCUT2D eigenvalue weighted by atomic mass is 10.1. The van der Waals surface area contributed by atoms with Crippen LogP contribution in [0.4, 0.5) is 10.2 Å². The van der Waals surface area contributed by atoms with Crippen LogP contribution in [0.15, 0.2) is 65.2 Å². The van der Waals surface area contributed by atoms with Gasteiger partial charge in [0.25, 0.3) is 5.91 Å². The maximum absolute atomic E-state index is 13.5. The maximum Gasteiger partial charge on any atom is 0.295 e. The largest absolute Gasteiger partial charge is 0.450 e. The van der Waals surface area contributed by atoms with E-state index >= 15 is 0 Å². The number of fused-ring (bicyclic) bond motifs is 1. The summed E-state index contributed by atoms with van der Waals surface area (Å²) in [6.45, 7) is 6.15. The highest BCUT2D eigenvalue weighted by Crippen LogP contribution is 2.31. The molecular formula is C24H21FN2O2. The zero-order valence-corrected chi connectivity index (χ0v) is 16.6. The van der Waals surface area contributed by atoms with Crippen molar-refractivity contribution in [2.75, 3.05) is 4.90 Å². The van der Waals surface area contributed by atoms with Crippen LogP contribution in [0.1, 0.15) is 32.8 Å². The lowest BCUT2D eigenvalue weighted by molar-refractivity contribution is 0.0959. The molecule has 2 heterocycles. The Bertz CT molecular complexity index is 1180. The Hall–Kier alpha value is -3.47. The zero-order chi connectivity index (χ0) is 20.5. The third-order valence-electron chi connectivity index (χ3n) is 4.99. The molecule has 4 rings (SSSR count). The number of furan rings is 1. The molecule has 0 saturated carbocycles. The van der Waals surface area contributed by atoms with Crippen molar-refractivity contribution in [3.05, 3.63) is 94.6 Å². The predicted octanol–water partition coefficient (Wildman–Crippen LogP) is 5.74. The van der Waals surface area contributed by atoms with Crippen LogP contribution in [0.2, 0.25) is 0 Å². The van der Waals surface area contributed by atoms with Crippen molar-refractivity contribution >= 4 is 22.7 Å². The summed E-state index contributed by atoms with van der Waals surface area (Å²) < 4.78 is 19.3. The minimum absolute atomic E-state index is 0.255. The predicted molar refractivity (Wildman–Crippen MR) is 112 cm³/mol. The molecule has 5 heteroatoms. The van der Waals surface area contributed by atoms with E-state index < -0.39 is 0 Å². The number of benzene rings is 2. The number of aromatic nitrogens is 1. The third kappa shape index (κ3) is 3.63. The number of carbonyl (C=O) groups excluding carboxylic acids is 1. The van der Waals surface area contributed by atoms with Gasteiger partial charge in [-0.25, -0.2) is 9.37 Å². The second-order valence-corrected chi connectivity index (χ2v) is 7.22. The number of carbonyl (C=O) groups is 1. The lowest BCUT2D eigenvalue weighted by Gasteiger charge is -2.21. The molecule has 0 spiro atoms. The van der Waals surface area contributed by atoms with Gasteiger partial charge in [0.1, 0.15) is 17.2 Å². The molecule has 0 saturated heterocycles. The molecule has 0 radical (unpaired) electrons. The van der Waals surface area contributed by atoms with Gasteiger partial charge in [0, 0.05) is 17.1 Å². The number of nitrogens with zero attached hydrogens (tertiary/aromatic N) is 2. The van der Waals surface area contributed by atoms with E-state index in [4.69, 9.17) is 4.42 Å². The van der Waals surface area contributed by atoms with Gasteiger partial charge >= 0.3 is 0 Å². The Morgan fingerprint density at radius 1 is 1.07 bits per heavy atom. The fourth-order valence-electron chi connectivity index (χ4n) is 3.54. The van der Waals surface area contributed by atoms with Crippen LogP contribution < -0.4 is 4.90 Å². The quantitative estimate of drug-likeness (QED) is 0.448. The molecule has 0 aliphatic heterocycles. The van der Waals surface area contributed by atoms with E-state index in [0.717, 1.165) is 33.2 Å². The number of hydrogen-bond acceptors (Lipinski definition) is 3. The first-order valence-corrected chi connectivity index (χ1v) is 9.41. The molecule has 0 atom stereocenters. The van der Waals surface area contributed by atoms with Gasteiger partial charge in [-0.2, -0.15) is 0 Å². The summed E-state index contributed by atoms with van der Waals surface area (Å²) in [6.07, 6.45) is 1.64. The summed E-state index contributed by atoms with van der Waals surface area (Å²) in [4.78, 5) is 19.4. The Labute approximate surface area is 168 Å². The van der Waals surface area contributed by atoms with Gasteiger partial charge in [-0.1, -0.05) is 24.3 Å². The number of hydrogen-bond donors (Lipinski definition) is 0. The van der Waals surface area contributed by atoms with E-state index in [1.54, 1.807) is 35.4 Å². The van der Waals surface area contributed by atoms with Crippen molar-refractivity contribution in [2.45, 2.75) is 27.3 Å². The van der Waals surface area contributed by atoms with Crippen LogP contribution in [0.5, 0.6) is 0 Å². The topological polar surface area (TPSA) is 46.3 Å². The van der Waals surface area contributed by atoms with Gasteiger partial charge < -0.3 is 4.42 Å². The van der Waals surface area contributed by atoms with Gasteiger partial charge in [-0.15, -0.1) is 0 Å². The number of aryl methyl sites for hydroxylation is 3. The number of rotatable bonds is 4. The van der Waals surface area contributed by atoms with E-state index in [1.807, 2.05) is 39.0 Å². The van der Waals surface area contributed by atoms with Crippen molar-refractivity contribution in [2.24, 2.45) is 0 Å². The molecule has 0 N–H and O–H groups in total. The van der Waals surface area contributed by atoms with E-state index in [9.17, 15) is 9.18 Å². The first-order valence-electron chi connectivity index (χ1n) is 9.41. The van der Waals surface area contributed by atoms with Crippen LogP contribution in [-0.4, -0.2) is 10.9 Å². The van der Waals surface area contributed by atoms with Crippen LogP contribution in [0.3, 0.4) is 0 Å². The average molecular weight is 388 g/mol. The number of amides is 1. The van der Waals surface area contributed by atoms with Crippen molar-refractivity contribution in [1.82, 2.24) is 4.98 Å². The molecule has 1 amide bonds. The van der Waals surface area contributed by atoms with Gasteiger partial charge in [0.05, 0.1) is 6.54 Å². The van der Waals surface area contributed by atoms with Crippen molar-refractivity contribution < 1.29 is 13.6 Å². The average Bonchev–Trinajstić information content (AvgIpc) is 3.05. The highest BCUT2D eigenvalue weighted by Gasteiger charge is 2.26. The van der Waals surface area contributed by atoms with Crippen molar-refractivity contribution in [3.8, 4) is 0 Å². The summed E-state index contributed by atoms with van der Waals surface area (Å²) in [7, 11) is 0. The highest BCUT2D eigenvalue weighted by molar-refractivity contribution is 6.07. The summed E-state index contributed by atoms with van der Waals surface area (Å²) in [6, 6.07) is 15.6. The number of halogens is 1. The number of pyridine rings is 1. The first-order chi connectivity index (χ1) is 13.9. The molecule has 0 fully saturated rings. The Kier molecular flexibility index (Phi) is 4.89. The second-order valence-electron chi connectivity index (χ2n) is 7.22. The molecule has 4 aromatic rings. The Morgan fingerprint density at radius 2 is 1.83 bits per heavy atom. The standard InChI is InChI=1S/C24H21FN2O2/c1-15-12-16(2)22-20(13-15)17(3)23(29-22)24(28)27(21-6-4-5-11-26-21)14-18-7-9-19(25)10-8-18/h4-13H,14H2,1-3H3. The molecule has 29 heavy (non-hydrogen) atoms. The van der Waals surface area contributed by atoms with E-state index in [-0.39, 0.29) is 18.3 Å². The van der Waals surface area contributed by atoms with Gasteiger partial charge in [0.15, 0.2) is 5.76 Å². The van der Waals surface area contributed by atoms with Crippen molar-refractivity contribution in [3.63, 3.8) is 0 Å². The van der Waals surface area contributed by atoms with E-state index in [0.29, 0.717) is 11.6 Å². The molecule has 0 aliphatic rings. The van der Waals surface area contributed by atoms with Crippen LogP contribution in [0.25, 0.3) is 11.0 Å². The molecule has 146 valence electrons. The highest BCUT2D eigenvalue weighted by atomic mass is 19.1. The lowest BCUT2D eigenvalue weighted by Crippen LogP contribution is -2.31. The molecular weight excluding hydrogens is 367 g/mol. The molecule has 0 aliphatic carbocycles. The van der Waals surface area contributed by atoms with Gasteiger partial charge in [-0.3, -0.25) is 9.69 Å². The molecule has 2 aromatic heterocycles. The van der Waals surface area contributed by atoms with Crippen LogP contribution in [-0.2, 0) is 6.54 Å². The first kappa shape index (κ1) is 18.9. The molecule has 2 aromatic carbocycles. The van der Waals surface area contributed by atoms with E-state index in [1.165, 1.54) is 12.1 Å². The Balaban J connectivity index is 1.79. The van der Waals surface area contributed by atoms with Gasteiger partial charge in [0.2, 0.25) is 0 Å². The maximum atomic E-state index is 13.5.